The molecule has 1 aliphatic rings. The number of fused-ring (bicyclic) bond motifs is 1. The molecule has 0 atom stereocenters. The molecule has 1 fully saturated rings. The number of hydrogen-bond acceptors (Lipinski definition) is 4. The first kappa shape index (κ1) is 14.7. The van der Waals surface area contributed by atoms with Gasteiger partial charge < -0.3 is 14.2 Å². The third-order valence-electron chi connectivity index (χ3n) is 4.26. The molecule has 0 saturated carbocycles. The van der Waals surface area contributed by atoms with Crippen LogP contribution in [0.4, 0.5) is 10.1 Å². The van der Waals surface area contributed by atoms with Crippen LogP contribution < -0.4 is 4.90 Å². The Labute approximate surface area is 138 Å². The lowest BCUT2D eigenvalue weighted by Crippen LogP contribution is -2.49. The molecule has 6 heteroatoms. The summed E-state index contributed by atoms with van der Waals surface area (Å²) in [6.45, 7) is 2.23. The standard InChI is InChI=1S/C18H16FN3O2/c19-13-4-1-2-5-15(13)21-8-10-22(11-9-21)18(23)17-12-14-16(24-17)6-3-7-20-14/h1-7,12H,8-11H2. The van der Waals surface area contributed by atoms with Crippen LogP contribution in [0.5, 0.6) is 0 Å². The van der Waals surface area contributed by atoms with Gasteiger partial charge in [0.05, 0.1) is 5.69 Å². The Balaban J connectivity index is 1.47. The van der Waals surface area contributed by atoms with Gasteiger partial charge in [0.15, 0.2) is 11.3 Å². The number of piperazine rings is 1. The second kappa shape index (κ2) is 5.96. The summed E-state index contributed by atoms with van der Waals surface area (Å²) < 4.78 is 19.5. The quantitative estimate of drug-likeness (QED) is 0.727. The molecule has 1 saturated heterocycles. The van der Waals surface area contributed by atoms with Crippen LogP contribution in [0.3, 0.4) is 0 Å². The Hall–Kier alpha value is -2.89. The number of aromatic nitrogens is 1. The molecule has 2 aromatic heterocycles. The first-order valence-electron chi connectivity index (χ1n) is 7.86. The van der Waals surface area contributed by atoms with E-state index in [4.69, 9.17) is 4.42 Å². The number of carbonyl (C=O) groups excluding carboxylic acids is 1. The number of carbonyl (C=O) groups is 1. The van der Waals surface area contributed by atoms with Crippen molar-refractivity contribution in [3.05, 3.63) is 60.2 Å². The third kappa shape index (κ3) is 2.60. The molecule has 0 unspecified atom stereocenters. The highest BCUT2D eigenvalue weighted by molar-refractivity contribution is 5.95. The lowest BCUT2D eigenvalue weighted by molar-refractivity contribution is 0.0717. The SMILES string of the molecule is O=C(c1cc2ncccc2o1)N1CCN(c2ccccc2F)CC1. The Kier molecular flexibility index (Phi) is 3.65. The molecular formula is C18H16FN3O2. The van der Waals surface area contributed by atoms with Crippen LogP contribution in [0, 0.1) is 5.82 Å². The molecule has 4 rings (SSSR count). The molecule has 3 heterocycles. The summed E-state index contributed by atoms with van der Waals surface area (Å²) in [4.78, 5) is 20.5. The van der Waals surface area contributed by atoms with Gasteiger partial charge in [0, 0.05) is 38.4 Å². The van der Waals surface area contributed by atoms with Crippen molar-refractivity contribution in [1.29, 1.82) is 0 Å². The van der Waals surface area contributed by atoms with Crippen LogP contribution in [0.2, 0.25) is 0 Å². The minimum absolute atomic E-state index is 0.152. The van der Waals surface area contributed by atoms with Gasteiger partial charge in [0.1, 0.15) is 11.3 Å². The Morgan fingerprint density at radius 1 is 1.08 bits per heavy atom. The van der Waals surface area contributed by atoms with Crippen molar-refractivity contribution in [3.8, 4) is 0 Å². The topological polar surface area (TPSA) is 49.6 Å². The van der Waals surface area contributed by atoms with Crippen LogP contribution in [-0.4, -0.2) is 42.0 Å². The number of amides is 1. The summed E-state index contributed by atoms with van der Waals surface area (Å²) in [5, 5.41) is 0. The average molecular weight is 325 g/mol. The fraction of sp³-hybridized carbons (Fsp3) is 0.222. The van der Waals surface area contributed by atoms with E-state index in [1.54, 1.807) is 41.4 Å². The van der Waals surface area contributed by atoms with E-state index in [1.165, 1.54) is 6.07 Å². The normalized spacial score (nSPS) is 15.0. The summed E-state index contributed by atoms with van der Waals surface area (Å²) in [5.41, 5.74) is 1.86. The number of rotatable bonds is 2. The van der Waals surface area contributed by atoms with Crippen LogP contribution in [0.25, 0.3) is 11.1 Å². The highest BCUT2D eigenvalue weighted by Gasteiger charge is 2.25. The van der Waals surface area contributed by atoms with Crippen molar-refractivity contribution >= 4 is 22.7 Å². The molecule has 3 aromatic rings. The van der Waals surface area contributed by atoms with E-state index in [9.17, 15) is 9.18 Å². The largest absolute Gasteiger partial charge is 0.449 e. The van der Waals surface area contributed by atoms with Gasteiger partial charge in [-0.05, 0) is 24.3 Å². The second-order valence-electron chi connectivity index (χ2n) is 5.73. The molecular weight excluding hydrogens is 309 g/mol. The monoisotopic (exact) mass is 325 g/mol. The number of furan rings is 1. The van der Waals surface area contributed by atoms with E-state index in [2.05, 4.69) is 4.98 Å². The number of pyridine rings is 1. The number of nitrogens with zero attached hydrogens (tertiary/aromatic N) is 3. The summed E-state index contributed by atoms with van der Waals surface area (Å²) in [6.07, 6.45) is 1.67. The molecule has 0 bridgehead atoms. The molecule has 1 aromatic carbocycles. The summed E-state index contributed by atoms with van der Waals surface area (Å²) in [5.74, 6) is -0.0927. The van der Waals surface area contributed by atoms with E-state index in [1.807, 2.05) is 11.0 Å². The van der Waals surface area contributed by atoms with E-state index >= 15 is 0 Å². The first-order chi connectivity index (χ1) is 11.7. The first-order valence-corrected chi connectivity index (χ1v) is 7.86. The molecule has 24 heavy (non-hydrogen) atoms. The highest BCUT2D eigenvalue weighted by atomic mass is 19.1. The van der Waals surface area contributed by atoms with Crippen molar-refractivity contribution in [3.63, 3.8) is 0 Å². The zero-order valence-corrected chi connectivity index (χ0v) is 13.0. The Bertz CT molecular complexity index is 852. The molecule has 1 amide bonds. The maximum absolute atomic E-state index is 13.9. The van der Waals surface area contributed by atoms with Crippen molar-refractivity contribution in [2.24, 2.45) is 0 Å². The van der Waals surface area contributed by atoms with Crippen LogP contribution in [-0.2, 0) is 0 Å². The van der Waals surface area contributed by atoms with Crippen LogP contribution in [0.1, 0.15) is 10.6 Å². The zero-order valence-electron chi connectivity index (χ0n) is 13.0. The lowest BCUT2D eigenvalue weighted by atomic mass is 10.2. The predicted octanol–water partition coefficient (Wildman–Crippen LogP) is 2.93. The molecule has 0 radical (unpaired) electrons. The smallest absolute Gasteiger partial charge is 0.289 e. The summed E-state index contributed by atoms with van der Waals surface area (Å²) in [7, 11) is 0. The van der Waals surface area contributed by atoms with Gasteiger partial charge in [-0.15, -0.1) is 0 Å². The number of para-hydroxylation sites is 1. The van der Waals surface area contributed by atoms with E-state index in [0.717, 1.165) is 0 Å². The summed E-state index contributed by atoms with van der Waals surface area (Å²) in [6, 6.07) is 11.9. The second-order valence-corrected chi connectivity index (χ2v) is 5.73. The molecule has 1 aliphatic heterocycles. The summed E-state index contributed by atoms with van der Waals surface area (Å²) >= 11 is 0. The number of benzene rings is 1. The Morgan fingerprint density at radius 3 is 2.62 bits per heavy atom. The number of anilines is 1. The molecule has 0 aliphatic carbocycles. The van der Waals surface area contributed by atoms with Gasteiger partial charge in [-0.1, -0.05) is 12.1 Å². The van der Waals surface area contributed by atoms with Gasteiger partial charge in [0.2, 0.25) is 0 Å². The minimum atomic E-state index is -0.236. The lowest BCUT2D eigenvalue weighted by Gasteiger charge is -2.35. The van der Waals surface area contributed by atoms with Crippen LogP contribution >= 0.6 is 0 Å². The van der Waals surface area contributed by atoms with Gasteiger partial charge in [-0.2, -0.15) is 0 Å². The van der Waals surface area contributed by atoms with Gasteiger partial charge in [-0.25, -0.2) is 4.39 Å². The maximum atomic E-state index is 13.9. The van der Waals surface area contributed by atoms with Gasteiger partial charge in [-0.3, -0.25) is 9.78 Å². The van der Waals surface area contributed by atoms with Gasteiger partial charge in [0.25, 0.3) is 5.91 Å². The van der Waals surface area contributed by atoms with E-state index in [0.29, 0.717) is 48.7 Å². The maximum Gasteiger partial charge on any atom is 0.289 e. The van der Waals surface area contributed by atoms with Crippen molar-refractivity contribution in [2.75, 3.05) is 31.1 Å². The highest BCUT2D eigenvalue weighted by Crippen LogP contribution is 2.22. The fourth-order valence-corrected chi connectivity index (χ4v) is 2.99. The van der Waals surface area contributed by atoms with Crippen molar-refractivity contribution in [2.45, 2.75) is 0 Å². The molecule has 5 nitrogen and oxygen atoms in total. The zero-order chi connectivity index (χ0) is 16.5. The Morgan fingerprint density at radius 2 is 1.88 bits per heavy atom. The number of halogens is 1. The van der Waals surface area contributed by atoms with Crippen LogP contribution in [0.15, 0.2) is 53.1 Å². The van der Waals surface area contributed by atoms with Crippen molar-refractivity contribution < 1.29 is 13.6 Å². The number of hydrogen-bond donors (Lipinski definition) is 0. The third-order valence-corrected chi connectivity index (χ3v) is 4.26. The predicted molar refractivity (Wildman–Crippen MR) is 88.5 cm³/mol. The van der Waals surface area contributed by atoms with E-state index < -0.39 is 0 Å². The minimum Gasteiger partial charge on any atom is -0.449 e. The van der Waals surface area contributed by atoms with Crippen molar-refractivity contribution in [1.82, 2.24) is 9.88 Å². The fourth-order valence-electron chi connectivity index (χ4n) is 2.99. The molecule has 0 N–H and O–H groups in total. The average Bonchev–Trinajstić information content (AvgIpc) is 3.06. The van der Waals surface area contributed by atoms with E-state index in [-0.39, 0.29) is 11.7 Å². The molecule has 122 valence electrons. The van der Waals surface area contributed by atoms with Gasteiger partial charge >= 0.3 is 0 Å². The molecule has 0 spiro atoms.